The molecule has 54 heavy (non-hydrogen) atoms. The average Bonchev–Trinajstić information content (AvgIpc) is 4.03. The number of anilines is 1. The molecule has 290 valence electrons. The predicted octanol–water partition coefficient (Wildman–Crippen LogP) is 3.09. The van der Waals surface area contributed by atoms with Crippen LogP contribution in [0.25, 0.3) is 10.8 Å². The molecule has 0 unspecified atom stereocenters. The van der Waals surface area contributed by atoms with Crippen molar-refractivity contribution in [1.82, 2.24) is 19.9 Å². The topological polar surface area (TPSA) is 216 Å². The van der Waals surface area contributed by atoms with E-state index in [2.05, 4.69) is 26.9 Å². The Hall–Kier alpha value is -4.45. The van der Waals surface area contributed by atoms with Gasteiger partial charge in [-0.05, 0) is 67.1 Å². The van der Waals surface area contributed by atoms with E-state index in [1.54, 1.807) is 18.2 Å². The van der Waals surface area contributed by atoms with Gasteiger partial charge in [0, 0.05) is 33.8 Å². The van der Waals surface area contributed by atoms with Gasteiger partial charge in [0.05, 0.1) is 30.0 Å². The summed E-state index contributed by atoms with van der Waals surface area (Å²) in [6, 6.07) is 8.62. The molecule has 15 nitrogen and oxygen atoms in total. The van der Waals surface area contributed by atoms with Crippen molar-refractivity contribution in [3.05, 3.63) is 66.3 Å². The summed E-state index contributed by atoms with van der Waals surface area (Å²) in [5, 5.41) is 12.2. The van der Waals surface area contributed by atoms with Crippen molar-refractivity contribution in [2.75, 3.05) is 19.0 Å². The number of nitrogens with zero attached hydrogens (tertiary/aromatic N) is 2. The van der Waals surface area contributed by atoms with Crippen molar-refractivity contribution in [2.45, 2.75) is 80.3 Å². The van der Waals surface area contributed by atoms with E-state index >= 15 is 0 Å². The number of nitrogens with two attached hydrogens (primary N) is 1. The van der Waals surface area contributed by atoms with Crippen molar-refractivity contribution in [1.29, 1.82) is 0 Å². The highest BCUT2D eigenvalue weighted by molar-refractivity contribution is 7.91. The zero-order valence-corrected chi connectivity index (χ0v) is 32.6. The Balaban J connectivity index is 1.32. The standard InChI is InChI=1S/C36H43ClN6O9S2/c1-6-20-17-36(20,34(46)42-54(49,50)25-12-13-25)41-31(44)28-16-23(52-32-27-15-21(37)7-14-26(27)29(51-5)18-39-32)19-43(28)33(45)30(35(2,3)4)40-22-8-10-24(11-9-22)53(38,47)48/h6-11,14-15,18,20,23,25,28,30,40H,1,12-13,16-17,19H2,2-5H3,(H,41,44)(H,42,46)(H2,38,47,48)/t20-,23-,28+,30+,36-/m1/s1. The van der Waals surface area contributed by atoms with Crippen LogP contribution in [0, 0.1) is 11.3 Å². The number of methoxy groups -OCH3 is 1. The number of hydrogen-bond acceptors (Lipinski definition) is 11. The molecule has 0 spiro atoms. The van der Waals surface area contributed by atoms with Crippen LogP contribution in [0.2, 0.25) is 5.02 Å². The molecule has 2 aromatic carbocycles. The molecular formula is C36H43ClN6O9S2. The number of hydrogen-bond donors (Lipinski definition) is 4. The summed E-state index contributed by atoms with van der Waals surface area (Å²) < 4.78 is 63.1. The fourth-order valence-electron chi connectivity index (χ4n) is 6.70. The van der Waals surface area contributed by atoms with Crippen LogP contribution in [-0.2, 0) is 34.4 Å². The summed E-state index contributed by atoms with van der Waals surface area (Å²) in [4.78, 5) is 48.2. The molecule has 6 rings (SSSR count). The third-order valence-corrected chi connectivity index (χ3v) is 13.0. The quantitative estimate of drug-likeness (QED) is 0.184. The third kappa shape index (κ3) is 7.99. The number of pyridine rings is 1. The van der Waals surface area contributed by atoms with Crippen LogP contribution in [0.3, 0.4) is 0 Å². The molecule has 1 saturated heterocycles. The van der Waals surface area contributed by atoms with Crippen molar-refractivity contribution in [3.63, 3.8) is 0 Å². The number of halogens is 1. The van der Waals surface area contributed by atoms with Gasteiger partial charge in [-0.15, -0.1) is 6.58 Å². The van der Waals surface area contributed by atoms with Gasteiger partial charge in [-0.1, -0.05) is 38.4 Å². The van der Waals surface area contributed by atoms with Crippen LogP contribution >= 0.6 is 11.6 Å². The van der Waals surface area contributed by atoms with Crippen LogP contribution in [0.4, 0.5) is 5.69 Å². The van der Waals surface area contributed by atoms with Crippen molar-refractivity contribution in [3.8, 4) is 11.6 Å². The van der Waals surface area contributed by atoms with Crippen molar-refractivity contribution < 1.29 is 40.7 Å². The summed E-state index contributed by atoms with van der Waals surface area (Å²) in [6.45, 7) is 9.19. The highest BCUT2D eigenvalue weighted by atomic mass is 35.5. The zero-order chi connectivity index (χ0) is 39.4. The van der Waals surface area contributed by atoms with E-state index in [0.29, 0.717) is 40.1 Å². The number of likely N-dealkylation sites (tertiary alicyclic amines) is 1. The van der Waals surface area contributed by atoms with Gasteiger partial charge in [-0.2, -0.15) is 0 Å². The fraction of sp³-hybridized carbons (Fsp3) is 0.444. The summed E-state index contributed by atoms with van der Waals surface area (Å²) in [5.74, 6) is -1.89. The molecule has 18 heteroatoms. The highest BCUT2D eigenvalue weighted by Crippen LogP contribution is 2.46. The van der Waals surface area contributed by atoms with E-state index in [4.69, 9.17) is 26.2 Å². The van der Waals surface area contributed by atoms with E-state index in [-0.39, 0.29) is 30.2 Å². The molecular weight excluding hydrogens is 760 g/mol. The summed E-state index contributed by atoms with van der Waals surface area (Å²) in [5.41, 5.74) is -1.90. The lowest BCUT2D eigenvalue weighted by atomic mass is 9.85. The lowest BCUT2D eigenvalue weighted by molar-refractivity contribution is -0.141. The highest BCUT2D eigenvalue weighted by Gasteiger charge is 2.62. The number of ether oxygens (including phenoxy) is 2. The number of nitrogens with one attached hydrogen (secondary N) is 3. The minimum absolute atomic E-state index is 0.00983. The number of sulfonamides is 2. The van der Waals surface area contributed by atoms with E-state index < -0.39 is 78.1 Å². The molecule has 3 fully saturated rings. The van der Waals surface area contributed by atoms with Gasteiger partial charge < -0.3 is 25.0 Å². The Morgan fingerprint density at radius 3 is 2.35 bits per heavy atom. The van der Waals surface area contributed by atoms with Crippen LogP contribution in [0.15, 0.2) is 66.2 Å². The van der Waals surface area contributed by atoms with Crippen LogP contribution in [0.1, 0.15) is 46.5 Å². The Morgan fingerprint density at radius 1 is 1.09 bits per heavy atom. The zero-order valence-electron chi connectivity index (χ0n) is 30.2. The van der Waals surface area contributed by atoms with Gasteiger partial charge in [0.15, 0.2) is 0 Å². The second-order valence-electron chi connectivity index (χ2n) is 15.0. The first-order valence-electron chi connectivity index (χ1n) is 17.3. The van der Waals surface area contributed by atoms with E-state index in [9.17, 15) is 31.2 Å². The Bertz CT molecular complexity index is 2230. The molecule has 3 aromatic rings. The first-order valence-corrected chi connectivity index (χ1v) is 20.7. The molecule has 2 heterocycles. The monoisotopic (exact) mass is 802 g/mol. The van der Waals surface area contributed by atoms with Crippen molar-refractivity contribution in [2.24, 2.45) is 16.5 Å². The fourth-order valence-corrected chi connectivity index (χ4v) is 8.75. The second-order valence-corrected chi connectivity index (χ2v) is 19.0. The second kappa shape index (κ2) is 14.3. The summed E-state index contributed by atoms with van der Waals surface area (Å²) in [7, 11) is -6.37. The molecule has 0 bridgehead atoms. The molecule has 1 aromatic heterocycles. The molecule has 5 atom stereocenters. The average molecular weight is 803 g/mol. The SMILES string of the molecule is C=C[C@@H]1C[C@]1(NC(=O)[C@@H]1C[C@@H](Oc2ncc(OC)c3ccc(Cl)cc23)CN1C(=O)[C@H](Nc1ccc(S(N)(=O)=O)cc1)C(C)(C)C)C(=O)NS(=O)(=O)C1CC1. The Labute approximate surface area is 319 Å². The van der Waals surface area contributed by atoms with Gasteiger partial charge >= 0.3 is 0 Å². The maximum absolute atomic E-state index is 14.7. The lowest BCUT2D eigenvalue weighted by Gasteiger charge is -2.36. The van der Waals surface area contributed by atoms with Crippen LogP contribution in [0.5, 0.6) is 11.6 Å². The Morgan fingerprint density at radius 2 is 1.78 bits per heavy atom. The van der Waals surface area contributed by atoms with Gasteiger partial charge in [0.1, 0.15) is 29.5 Å². The number of aromatic nitrogens is 1. The molecule has 5 N–H and O–H groups in total. The van der Waals surface area contributed by atoms with E-state index in [1.165, 1.54) is 48.5 Å². The van der Waals surface area contributed by atoms with Gasteiger partial charge in [-0.3, -0.25) is 19.1 Å². The lowest BCUT2D eigenvalue weighted by Crippen LogP contribution is -2.58. The number of primary sulfonamides is 1. The number of carbonyl (C=O) groups is 3. The molecule has 3 aliphatic rings. The van der Waals surface area contributed by atoms with Gasteiger partial charge in [-0.25, -0.2) is 27.0 Å². The number of benzene rings is 2. The maximum Gasteiger partial charge on any atom is 0.259 e. The largest absolute Gasteiger partial charge is 0.494 e. The normalized spacial score (nSPS) is 23.3. The molecule has 2 aliphatic carbocycles. The molecule has 1 aliphatic heterocycles. The third-order valence-electron chi connectivity index (χ3n) is 9.98. The summed E-state index contributed by atoms with van der Waals surface area (Å²) in [6.07, 6.45) is 3.21. The molecule has 3 amide bonds. The predicted molar refractivity (Wildman–Crippen MR) is 202 cm³/mol. The summed E-state index contributed by atoms with van der Waals surface area (Å²) >= 11 is 6.33. The minimum Gasteiger partial charge on any atom is -0.494 e. The van der Waals surface area contributed by atoms with Crippen molar-refractivity contribution >= 4 is 65.8 Å². The molecule has 0 radical (unpaired) electrons. The molecule has 2 saturated carbocycles. The van der Waals surface area contributed by atoms with Gasteiger partial charge in [0.25, 0.3) is 5.91 Å². The number of amides is 3. The van der Waals surface area contributed by atoms with Crippen LogP contribution in [-0.4, -0.2) is 87.1 Å². The smallest absolute Gasteiger partial charge is 0.259 e. The number of carbonyl (C=O) groups excluding carboxylic acids is 3. The first-order chi connectivity index (χ1) is 25.3. The Kier molecular flexibility index (Phi) is 10.4. The minimum atomic E-state index is -3.96. The number of rotatable bonds is 13. The number of fused-ring (bicyclic) bond motifs is 1. The van der Waals surface area contributed by atoms with E-state index in [0.717, 1.165) is 0 Å². The van der Waals surface area contributed by atoms with E-state index in [1.807, 2.05) is 20.8 Å². The van der Waals surface area contributed by atoms with Gasteiger partial charge in [0.2, 0.25) is 37.7 Å². The maximum atomic E-state index is 14.7. The first kappa shape index (κ1) is 39.2. The van der Waals surface area contributed by atoms with Crippen LogP contribution < -0.4 is 30.0 Å².